The molecule has 2 unspecified atom stereocenters. The molecule has 0 N–H and O–H groups in total. The van der Waals surface area contributed by atoms with Crippen molar-refractivity contribution in [1.82, 2.24) is 29.7 Å². The fourth-order valence-corrected chi connectivity index (χ4v) is 14.2. The van der Waals surface area contributed by atoms with E-state index in [0.29, 0.717) is 80.3 Å². The molecule has 0 spiro atoms. The zero-order chi connectivity index (χ0) is 64.0. The van der Waals surface area contributed by atoms with Crippen molar-refractivity contribution in [3.63, 3.8) is 0 Å². The van der Waals surface area contributed by atoms with E-state index in [1.807, 2.05) is 77.8 Å². The molecule has 6 heterocycles. The molecule has 2 amide bonds. The van der Waals surface area contributed by atoms with Gasteiger partial charge in [0.25, 0.3) is 0 Å². The van der Waals surface area contributed by atoms with E-state index < -0.39 is 33.3 Å². The Morgan fingerprint density at radius 2 is 0.908 bits per heavy atom. The molecule has 0 bridgehead atoms. The van der Waals surface area contributed by atoms with Gasteiger partial charge in [-0.2, -0.15) is 38.1 Å². The number of likely N-dealkylation sites (tertiary alicyclic amines) is 2. The van der Waals surface area contributed by atoms with Gasteiger partial charge >= 0.3 is 24.5 Å². The van der Waals surface area contributed by atoms with Crippen LogP contribution in [0.25, 0.3) is 0 Å². The molecule has 4 aliphatic rings. The van der Waals surface area contributed by atoms with Crippen molar-refractivity contribution in [2.24, 2.45) is 0 Å². The zero-order valence-electron chi connectivity index (χ0n) is 50.3. The number of piperidine rings is 2. The Labute approximate surface area is 532 Å². The number of benzene rings is 2. The first kappa shape index (κ1) is 71.5. The highest BCUT2D eigenvalue weighted by atomic mass is 35.5. The molecule has 0 aliphatic carbocycles. The number of anilines is 4. The zero-order valence-corrected chi connectivity index (χ0v) is 55.0. The van der Waals surface area contributed by atoms with Crippen molar-refractivity contribution in [1.29, 1.82) is 0 Å². The van der Waals surface area contributed by atoms with Crippen LogP contribution in [0, 0.1) is 0 Å². The Morgan fingerprint density at radius 1 is 0.586 bits per heavy atom. The monoisotopic (exact) mass is 1340 g/mol. The number of hydrogen-bond donors (Lipinski definition) is 0. The molecule has 87 heavy (non-hydrogen) atoms. The predicted molar refractivity (Wildman–Crippen MR) is 336 cm³/mol. The van der Waals surface area contributed by atoms with E-state index in [1.165, 1.54) is 6.07 Å². The van der Waals surface area contributed by atoms with E-state index >= 15 is 0 Å². The van der Waals surface area contributed by atoms with Gasteiger partial charge in [-0.25, -0.2) is 37.9 Å². The van der Waals surface area contributed by atoms with Crippen molar-refractivity contribution in [2.75, 3.05) is 74.1 Å². The minimum absolute atomic E-state index is 0.0230. The third kappa shape index (κ3) is 20.2. The van der Waals surface area contributed by atoms with Crippen LogP contribution >= 0.6 is 58.2 Å². The number of thioether (sulfide) groups is 1. The number of hydrogen-bond acceptors (Lipinski definition) is 15. The van der Waals surface area contributed by atoms with Gasteiger partial charge in [0.15, 0.2) is 9.84 Å². The summed E-state index contributed by atoms with van der Waals surface area (Å²) in [5.74, 6) is 2.95. The third-order valence-corrected chi connectivity index (χ3v) is 18.7. The highest BCUT2D eigenvalue weighted by Gasteiger charge is 2.43. The number of carbonyl (C=O) groups excluding carboxylic acids is 2. The molecule has 4 aromatic rings. The highest BCUT2D eigenvalue weighted by molar-refractivity contribution is 7.99. The van der Waals surface area contributed by atoms with Gasteiger partial charge in [0.2, 0.25) is 11.9 Å². The normalized spacial score (nSPS) is 21.6. The second-order valence-electron chi connectivity index (χ2n) is 22.4. The molecule has 0 radical (unpaired) electrons. The molecular weight excluding hydrogens is 1260 g/mol. The molecule has 4 saturated heterocycles. The van der Waals surface area contributed by atoms with Crippen LogP contribution < -0.4 is 19.6 Å². The van der Waals surface area contributed by atoms with Gasteiger partial charge in [0.05, 0.1) is 76.3 Å². The van der Waals surface area contributed by atoms with E-state index in [4.69, 9.17) is 65.8 Å². The molecule has 6 atom stereocenters. The first-order valence-corrected chi connectivity index (χ1v) is 34.2. The maximum Gasteiger partial charge on any atom is 0.416 e. The molecule has 2 aromatic heterocycles. The third-order valence-electron chi connectivity index (χ3n) is 15.7. The number of sulfone groups is 1. The van der Waals surface area contributed by atoms with Gasteiger partial charge < -0.3 is 38.9 Å². The summed E-state index contributed by atoms with van der Waals surface area (Å²) in [6.07, 6.45) is 1.65. The van der Waals surface area contributed by atoms with Crippen LogP contribution in [0.15, 0.2) is 61.2 Å². The van der Waals surface area contributed by atoms with E-state index in [2.05, 4.69) is 14.9 Å². The second-order valence-corrected chi connectivity index (χ2v) is 27.7. The SMILES string of the molecule is CC[C@@H]1CC(N(Cc2cc(Cl)cc(C(F)(F)F)c2)c2ncc(N3CCS(=O)(=O)CC3)cn2)C[C@H](CC)N1C(=O)OC(C)C.CC[C@@H]1CC(N(Cc2cc(Cl)cc(C(F)(F)F)c2)c2ncc(N3CCSCC3)cn2)C[C@H](CC)N1C(=O)OC(C)C.ClCCl. The Morgan fingerprint density at radius 3 is 1.21 bits per heavy atom. The molecule has 484 valence electrons. The Balaban J connectivity index is 0.000000266. The van der Waals surface area contributed by atoms with Crippen molar-refractivity contribution in [3.8, 4) is 0 Å². The molecule has 0 saturated carbocycles. The van der Waals surface area contributed by atoms with Crippen LogP contribution in [0.5, 0.6) is 0 Å². The topological polar surface area (TPSA) is 158 Å². The fraction of sp³-hybridized carbons (Fsp3) is 0.627. The molecule has 8 rings (SSSR count). The van der Waals surface area contributed by atoms with Crippen LogP contribution in [0.1, 0.15) is 129 Å². The van der Waals surface area contributed by atoms with Crippen molar-refractivity contribution in [2.45, 2.75) is 181 Å². The molecule has 4 fully saturated rings. The number of alkyl halides is 8. The van der Waals surface area contributed by atoms with Gasteiger partial charge in [-0.05, 0) is 127 Å². The largest absolute Gasteiger partial charge is 0.447 e. The minimum atomic E-state index is -4.56. The number of carbonyl (C=O) groups is 2. The van der Waals surface area contributed by atoms with Gasteiger partial charge in [0.1, 0.15) is 0 Å². The molecule has 28 heteroatoms. The summed E-state index contributed by atoms with van der Waals surface area (Å²) in [5.41, 5.74) is 0.758. The first-order chi connectivity index (χ1) is 41.1. The van der Waals surface area contributed by atoms with Crippen LogP contribution in [0.4, 0.5) is 59.2 Å². The average Bonchev–Trinajstić information content (AvgIpc) is 1.78. The van der Waals surface area contributed by atoms with Crippen molar-refractivity contribution >= 4 is 103 Å². The van der Waals surface area contributed by atoms with Gasteiger partial charge in [-0.3, -0.25) is 0 Å². The maximum absolute atomic E-state index is 13.6. The number of rotatable bonds is 16. The lowest BCUT2D eigenvalue weighted by Crippen LogP contribution is -2.57. The van der Waals surface area contributed by atoms with E-state index in [9.17, 15) is 44.3 Å². The Kier molecular flexibility index (Phi) is 26.6. The summed E-state index contributed by atoms with van der Waals surface area (Å²) in [6, 6.07) is 6.34. The van der Waals surface area contributed by atoms with Crippen LogP contribution in [-0.2, 0) is 44.8 Å². The maximum atomic E-state index is 13.6. The lowest BCUT2D eigenvalue weighted by atomic mass is 9.87. The number of aromatic nitrogens is 4. The summed E-state index contributed by atoms with van der Waals surface area (Å²) in [5, 5.41) is 0.198. The van der Waals surface area contributed by atoms with E-state index in [0.717, 1.165) is 67.4 Å². The Bertz CT molecular complexity index is 2920. The lowest BCUT2D eigenvalue weighted by molar-refractivity contribution is -0.138. The lowest BCUT2D eigenvalue weighted by Gasteiger charge is -2.47. The van der Waals surface area contributed by atoms with E-state index in [1.54, 1.807) is 44.7 Å². The average molecular weight is 1350 g/mol. The Hall–Kier alpha value is -4.62. The van der Waals surface area contributed by atoms with Crippen molar-refractivity contribution < 1.29 is 53.8 Å². The summed E-state index contributed by atoms with van der Waals surface area (Å²) >= 11 is 23.7. The number of amides is 2. The van der Waals surface area contributed by atoms with Crippen molar-refractivity contribution in [3.05, 3.63) is 93.5 Å². The molecular formula is C59H80Cl4F6N10O6S2. The molecule has 2 aromatic carbocycles. The van der Waals surface area contributed by atoms with Gasteiger partial charge in [-0.15, -0.1) is 23.2 Å². The summed E-state index contributed by atoms with van der Waals surface area (Å²) in [7, 11) is -3.06. The fourth-order valence-electron chi connectivity index (χ4n) is 11.6. The molecule has 4 aliphatic heterocycles. The van der Waals surface area contributed by atoms with E-state index in [-0.39, 0.29) is 101 Å². The van der Waals surface area contributed by atoms with Gasteiger partial charge in [-0.1, -0.05) is 50.9 Å². The minimum Gasteiger partial charge on any atom is -0.447 e. The van der Waals surface area contributed by atoms with Gasteiger partial charge in [0, 0.05) is 97.1 Å². The quantitative estimate of drug-likeness (QED) is 0.0770. The van der Waals surface area contributed by atoms with Crippen LogP contribution in [-0.4, -0.2) is 153 Å². The smallest absolute Gasteiger partial charge is 0.416 e. The van der Waals surface area contributed by atoms with Crippen LogP contribution in [0.2, 0.25) is 10.0 Å². The van der Waals surface area contributed by atoms with Crippen LogP contribution in [0.3, 0.4) is 0 Å². The number of nitrogens with zero attached hydrogens (tertiary/aromatic N) is 10. The highest BCUT2D eigenvalue weighted by Crippen LogP contribution is 2.39. The summed E-state index contributed by atoms with van der Waals surface area (Å²) in [6.45, 7) is 18.1. The first-order valence-electron chi connectivity index (χ1n) is 29.4. The standard InChI is InChI=1S/C29H39ClF3N5O4S.C29H39ClF3N5O2S.CH2Cl2/c1-5-23-14-25(15-24(6-2)38(23)28(39)42-19(3)4)37(18-20-11-21(29(31,32)33)13-22(30)12-20)27-34-16-26(17-35-27)36-7-9-43(40,41)10-8-36;1-5-23-14-25(15-24(6-2)38(23)28(39)40-19(3)4)37(18-20-11-21(29(31,32)33)13-22(30)12-20)27-34-16-26(17-35-27)36-7-9-41-10-8-36;2-1-3/h11-13,16-17,19,23-25H,5-10,14-15,18H2,1-4H3;11-13,16-17,19,23-25H,5-10,14-15,18H2,1-4H3;1H2/t2*23-,24+,25?;. The summed E-state index contributed by atoms with van der Waals surface area (Å²) < 4.78 is 117. The number of ether oxygens (including phenoxy) is 2. The number of halogens is 10. The second kappa shape index (κ2) is 32.4. The predicted octanol–water partition coefficient (Wildman–Crippen LogP) is 14.7. The molecule has 16 nitrogen and oxygen atoms in total. The summed E-state index contributed by atoms with van der Waals surface area (Å²) in [4.78, 5) is 56.5.